The van der Waals surface area contributed by atoms with Gasteiger partial charge >= 0.3 is 5.97 Å². The normalized spacial score (nSPS) is 14.8. The fourth-order valence-electron chi connectivity index (χ4n) is 2.79. The number of ether oxygens (including phenoxy) is 3. The maximum Gasteiger partial charge on any atom is 0.326 e. The van der Waals surface area contributed by atoms with Gasteiger partial charge in [-0.1, -0.05) is 35.9 Å². The molecule has 0 unspecified atom stereocenters. The van der Waals surface area contributed by atoms with Crippen LogP contribution in [0.1, 0.15) is 18.1 Å². The summed E-state index contributed by atoms with van der Waals surface area (Å²) in [6, 6.07) is 12.5. The van der Waals surface area contributed by atoms with Gasteiger partial charge in [0.15, 0.2) is 11.5 Å². The Kier molecular flexibility index (Phi) is 7.59. The van der Waals surface area contributed by atoms with Gasteiger partial charge in [0.05, 0.1) is 18.6 Å². The van der Waals surface area contributed by atoms with E-state index in [0.29, 0.717) is 22.1 Å². The van der Waals surface area contributed by atoms with E-state index in [1.165, 1.54) is 7.11 Å². The molecular formula is C22H20ClNO6S. The van der Waals surface area contributed by atoms with Gasteiger partial charge in [-0.05, 0) is 48.5 Å². The third-order valence-corrected chi connectivity index (χ3v) is 5.57. The van der Waals surface area contributed by atoms with Crippen molar-refractivity contribution in [1.82, 2.24) is 4.90 Å². The summed E-state index contributed by atoms with van der Waals surface area (Å²) in [6.45, 7) is 1.69. The van der Waals surface area contributed by atoms with E-state index >= 15 is 0 Å². The van der Waals surface area contributed by atoms with Crippen LogP contribution in [0, 0.1) is 0 Å². The molecule has 31 heavy (non-hydrogen) atoms. The van der Waals surface area contributed by atoms with E-state index < -0.39 is 23.7 Å². The van der Waals surface area contributed by atoms with Crippen LogP contribution >= 0.6 is 23.4 Å². The van der Waals surface area contributed by atoms with Crippen molar-refractivity contribution < 1.29 is 28.6 Å². The van der Waals surface area contributed by atoms with Gasteiger partial charge < -0.3 is 14.2 Å². The number of benzene rings is 2. The number of carbonyl (C=O) groups is 3. The number of methoxy groups -OCH3 is 1. The molecule has 2 aromatic carbocycles. The zero-order chi connectivity index (χ0) is 22.4. The van der Waals surface area contributed by atoms with E-state index in [2.05, 4.69) is 0 Å². The van der Waals surface area contributed by atoms with E-state index in [1.54, 1.807) is 37.3 Å². The molecule has 0 spiro atoms. The summed E-state index contributed by atoms with van der Waals surface area (Å²) in [5.41, 5.74) is 1.48. The van der Waals surface area contributed by atoms with E-state index in [-0.39, 0.29) is 18.1 Å². The SMILES string of the molecule is CCOC(=O)CN1C(=O)S/C(=C\c2ccc(OCc3ccccc3Cl)c(OC)c2)C1=O. The molecule has 2 amide bonds. The first-order valence-electron chi connectivity index (χ1n) is 9.38. The largest absolute Gasteiger partial charge is 0.493 e. The van der Waals surface area contributed by atoms with Crippen LogP contribution in [0.25, 0.3) is 6.08 Å². The first-order valence-corrected chi connectivity index (χ1v) is 10.6. The van der Waals surface area contributed by atoms with Gasteiger partial charge in [-0.3, -0.25) is 19.3 Å². The highest BCUT2D eigenvalue weighted by Gasteiger charge is 2.36. The molecule has 7 nitrogen and oxygen atoms in total. The number of hydrogen-bond donors (Lipinski definition) is 0. The number of esters is 1. The summed E-state index contributed by atoms with van der Waals surface area (Å²) >= 11 is 6.92. The molecule has 9 heteroatoms. The zero-order valence-electron chi connectivity index (χ0n) is 16.9. The topological polar surface area (TPSA) is 82.1 Å². The summed E-state index contributed by atoms with van der Waals surface area (Å²) in [5, 5.41) is 0.0904. The van der Waals surface area contributed by atoms with E-state index in [0.717, 1.165) is 22.2 Å². The fraction of sp³-hybridized carbons (Fsp3) is 0.227. The van der Waals surface area contributed by atoms with Gasteiger partial charge in [0.1, 0.15) is 13.2 Å². The number of thioether (sulfide) groups is 1. The molecule has 0 atom stereocenters. The third kappa shape index (κ3) is 5.59. The minimum absolute atomic E-state index is 0.176. The molecule has 0 radical (unpaired) electrons. The number of nitrogens with zero attached hydrogens (tertiary/aromatic N) is 1. The molecule has 0 saturated carbocycles. The predicted molar refractivity (Wildman–Crippen MR) is 118 cm³/mol. The molecule has 0 bridgehead atoms. The molecule has 1 saturated heterocycles. The lowest BCUT2D eigenvalue weighted by atomic mass is 10.1. The van der Waals surface area contributed by atoms with Gasteiger partial charge in [-0.25, -0.2) is 0 Å². The predicted octanol–water partition coefficient (Wildman–Crippen LogP) is 4.53. The summed E-state index contributed by atoms with van der Waals surface area (Å²) in [6.07, 6.45) is 1.57. The number of halogens is 1. The van der Waals surface area contributed by atoms with Crippen LogP contribution < -0.4 is 9.47 Å². The van der Waals surface area contributed by atoms with Crippen LogP contribution in [0.15, 0.2) is 47.4 Å². The van der Waals surface area contributed by atoms with E-state index in [1.807, 2.05) is 18.2 Å². The van der Waals surface area contributed by atoms with Crippen LogP contribution in [-0.4, -0.2) is 42.3 Å². The smallest absolute Gasteiger partial charge is 0.326 e. The highest BCUT2D eigenvalue weighted by molar-refractivity contribution is 8.18. The van der Waals surface area contributed by atoms with Crippen molar-refractivity contribution in [3.8, 4) is 11.5 Å². The van der Waals surface area contributed by atoms with Crippen LogP contribution in [0.5, 0.6) is 11.5 Å². The maximum absolute atomic E-state index is 12.5. The number of hydrogen-bond acceptors (Lipinski definition) is 7. The molecule has 3 rings (SSSR count). The van der Waals surface area contributed by atoms with Crippen molar-refractivity contribution in [2.45, 2.75) is 13.5 Å². The lowest BCUT2D eigenvalue weighted by Gasteiger charge is -2.12. The van der Waals surface area contributed by atoms with E-state index in [9.17, 15) is 14.4 Å². The van der Waals surface area contributed by atoms with Crippen molar-refractivity contribution >= 4 is 46.6 Å². The molecule has 0 aliphatic carbocycles. The van der Waals surface area contributed by atoms with Gasteiger partial charge in [0, 0.05) is 10.6 Å². The van der Waals surface area contributed by atoms with Crippen molar-refractivity contribution in [1.29, 1.82) is 0 Å². The Morgan fingerprint density at radius 2 is 1.94 bits per heavy atom. The van der Waals surface area contributed by atoms with Crippen LogP contribution in [0.4, 0.5) is 4.79 Å². The summed E-state index contributed by atoms with van der Waals surface area (Å²) in [4.78, 5) is 37.3. The second-order valence-electron chi connectivity index (χ2n) is 6.36. The summed E-state index contributed by atoms with van der Waals surface area (Å²) < 4.78 is 16.0. The van der Waals surface area contributed by atoms with Gasteiger partial charge in [-0.2, -0.15) is 0 Å². The highest BCUT2D eigenvalue weighted by atomic mass is 35.5. The van der Waals surface area contributed by atoms with Crippen molar-refractivity contribution in [2.24, 2.45) is 0 Å². The molecule has 1 heterocycles. The van der Waals surface area contributed by atoms with Gasteiger partial charge in [0.2, 0.25) is 0 Å². The average molecular weight is 462 g/mol. The first-order chi connectivity index (χ1) is 14.9. The van der Waals surface area contributed by atoms with Crippen molar-refractivity contribution in [3.05, 3.63) is 63.5 Å². The standard InChI is InChI=1S/C22H20ClNO6S/c1-3-29-20(25)12-24-21(26)19(31-22(24)27)11-14-8-9-17(18(10-14)28-2)30-13-15-6-4-5-7-16(15)23/h4-11H,3,12-13H2,1-2H3/b19-11-. The number of rotatable bonds is 8. The van der Waals surface area contributed by atoms with E-state index in [4.69, 9.17) is 25.8 Å². The Hall–Kier alpha value is -2.97. The Bertz CT molecular complexity index is 1040. The second-order valence-corrected chi connectivity index (χ2v) is 7.76. The number of imide groups is 1. The maximum atomic E-state index is 12.5. The fourth-order valence-corrected chi connectivity index (χ4v) is 3.82. The lowest BCUT2D eigenvalue weighted by Crippen LogP contribution is -2.34. The first kappa shape index (κ1) is 22.7. The minimum atomic E-state index is -0.632. The number of amides is 2. The molecule has 0 N–H and O–H groups in total. The van der Waals surface area contributed by atoms with Gasteiger partial charge in [-0.15, -0.1) is 0 Å². The Morgan fingerprint density at radius 1 is 1.16 bits per heavy atom. The third-order valence-electron chi connectivity index (χ3n) is 4.29. The minimum Gasteiger partial charge on any atom is -0.493 e. The van der Waals surface area contributed by atoms with Crippen molar-refractivity contribution in [3.63, 3.8) is 0 Å². The Balaban J connectivity index is 1.74. The second kappa shape index (κ2) is 10.4. The molecule has 1 aliphatic heterocycles. The quantitative estimate of drug-likeness (QED) is 0.422. The van der Waals surface area contributed by atoms with Gasteiger partial charge in [0.25, 0.3) is 11.1 Å². The van der Waals surface area contributed by atoms with Crippen LogP contribution in [-0.2, 0) is 20.9 Å². The monoisotopic (exact) mass is 461 g/mol. The average Bonchev–Trinajstić information content (AvgIpc) is 3.01. The molecule has 1 fully saturated rings. The van der Waals surface area contributed by atoms with Crippen molar-refractivity contribution in [2.75, 3.05) is 20.3 Å². The molecule has 2 aromatic rings. The van der Waals surface area contributed by atoms with Crippen LogP contribution in [0.3, 0.4) is 0 Å². The zero-order valence-corrected chi connectivity index (χ0v) is 18.5. The Labute approximate surface area is 188 Å². The molecule has 162 valence electrons. The lowest BCUT2D eigenvalue weighted by molar-refractivity contribution is -0.145. The summed E-state index contributed by atoms with van der Waals surface area (Å²) in [7, 11) is 1.51. The molecule has 0 aromatic heterocycles. The molecular weight excluding hydrogens is 442 g/mol. The Morgan fingerprint density at radius 3 is 2.65 bits per heavy atom. The highest BCUT2D eigenvalue weighted by Crippen LogP contribution is 2.35. The number of carbonyl (C=O) groups excluding carboxylic acids is 3. The summed E-state index contributed by atoms with van der Waals surface area (Å²) in [5.74, 6) is -0.199. The molecule has 1 aliphatic rings. The van der Waals surface area contributed by atoms with Crippen LogP contribution in [0.2, 0.25) is 5.02 Å².